The molecule has 0 saturated carbocycles. The van der Waals surface area contributed by atoms with Crippen LogP contribution in [0.3, 0.4) is 0 Å². The van der Waals surface area contributed by atoms with Gasteiger partial charge in [-0.15, -0.1) is 11.8 Å². The Bertz CT molecular complexity index is 844. The summed E-state index contributed by atoms with van der Waals surface area (Å²) in [5.41, 5.74) is 0.894. The molecule has 0 atom stereocenters. The molecule has 0 unspecified atom stereocenters. The molecule has 0 radical (unpaired) electrons. The monoisotopic (exact) mass is 417 g/mol. The van der Waals surface area contributed by atoms with Crippen LogP contribution in [0.15, 0.2) is 47.4 Å². The summed E-state index contributed by atoms with van der Waals surface area (Å²) >= 11 is 1.31. The number of carbonyl (C=O) groups excluding carboxylic acids is 3. The Morgan fingerprint density at radius 1 is 0.966 bits per heavy atom. The van der Waals surface area contributed by atoms with E-state index < -0.39 is 5.97 Å². The molecule has 0 aromatic heterocycles. The molecular formula is C21H23NO6S. The summed E-state index contributed by atoms with van der Waals surface area (Å²) < 4.78 is 15.3. The standard InChI is InChI=1S/C21H23NO6S/c1-4-28-19(24)12-15(23)13-29-16-10-8-14(9-11-16)22-21(25)20-17(26-2)6-5-7-18(20)27-3/h5-11H,4,12-13H2,1-3H3,(H,22,25). The number of anilines is 1. The highest BCUT2D eigenvalue weighted by molar-refractivity contribution is 8.00. The Morgan fingerprint density at radius 2 is 1.59 bits per heavy atom. The van der Waals surface area contributed by atoms with Crippen LogP contribution in [0.1, 0.15) is 23.7 Å². The lowest BCUT2D eigenvalue weighted by Crippen LogP contribution is -2.14. The zero-order valence-corrected chi connectivity index (χ0v) is 17.3. The number of amides is 1. The van der Waals surface area contributed by atoms with Crippen LogP contribution in [0.25, 0.3) is 0 Å². The van der Waals surface area contributed by atoms with Crippen molar-refractivity contribution in [3.05, 3.63) is 48.0 Å². The molecule has 0 saturated heterocycles. The van der Waals surface area contributed by atoms with Crippen LogP contribution in [-0.4, -0.2) is 44.2 Å². The largest absolute Gasteiger partial charge is 0.496 e. The number of esters is 1. The number of hydrogen-bond donors (Lipinski definition) is 1. The number of thioether (sulfide) groups is 1. The molecule has 0 fully saturated rings. The molecule has 0 aliphatic rings. The van der Waals surface area contributed by atoms with Crippen LogP contribution in [0, 0.1) is 0 Å². The molecular weight excluding hydrogens is 394 g/mol. The molecule has 0 aliphatic carbocycles. The topological polar surface area (TPSA) is 90.9 Å². The first-order chi connectivity index (χ1) is 14.0. The number of nitrogens with one attached hydrogen (secondary N) is 1. The third kappa shape index (κ3) is 6.53. The third-order valence-corrected chi connectivity index (χ3v) is 4.89. The van der Waals surface area contributed by atoms with Crippen molar-refractivity contribution < 1.29 is 28.6 Å². The molecule has 0 aliphatic heterocycles. The van der Waals surface area contributed by atoms with Crippen LogP contribution >= 0.6 is 11.8 Å². The van der Waals surface area contributed by atoms with Crippen molar-refractivity contribution in [3.63, 3.8) is 0 Å². The molecule has 2 aromatic rings. The maximum Gasteiger partial charge on any atom is 0.313 e. The van der Waals surface area contributed by atoms with Gasteiger partial charge in [-0.3, -0.25) is 14.4 Å². The fraction of sp³-hybridized carbons (Fsp3) is 0.286. The summed E-state index contributed by atoms with van der Waals surface area (Å²) in [5.74, 6) is -0.0761. The van der Waals surface area contributed by atoms with Gasteiger partial charge in [0, 0.05) is 10.6 Å². The number of Topliss-reactive ketones (excluding diaryl/α,β-unsaturated/α-hetero) is 1. The van der Waals surface area contributed by atoms with Crippen LogP contribution < -0.4 is 14.8 Å². The number of methoxy groups -OCH3 is 2. The maximum atomic E-state index is 12.7. The van der Waals surface area contributed by atoms with Gasteiger partial charge in [-0.25, -0.2) is 0 Å². The molecule has 7 nitrogen and oxygen atoms in total. The SMILES string of the molecule is CCOC(=O)CC(=O)CSc1ccc(NC(=O)c2c(OC)cccc2OC)cc1. The summed E-state index contributed by atoms with van der Waals surface area (Å²) in [4.78, 5) is 36.6. The summed E-state index contributed by atoms with van der Waals surface area (Å²) in [7, 11) is 2.97. The summed E-state index contributed by atoms with van der Waals surface area (Å²) in [6.07, 6.45) is -0.226. The fourth-order valence-corrected chi connectivity index (χ4v) is 3.25. The van der Waals surface area contributed by atoms with Crippen LogP contribution in [0.2, 0.25) is 0 Å². The van der Waals surface area contributed by atoms with Gasteiger partial charge in [-0.05, 0) is 43.3 Å². The van der Waals surface area contributed by atoms with Gasteiger partial charge >= 0.3 is 5.97 Å². The molecule has 2 aromatic carbocycles. The highest BCUT2D eigenvalue weighted by atomic mass is 32.2. The highest BCUT2D eigenvalue weighted by Crippen LogP contribution is 2.29. The van der Waals surface area contributed by atoms with Crippen molar-refractivity contribution in [2.24, 2.45) is 0 Å². The Balaban J connectivity index is 1.97. The molecule has 0 bridgehead atoms. The molecule has 1 N–H and O–H groups in total. The number of hydrogen-bond acceptors (Lipinski definition) is 7. The first kappa shape index (κ1) is 22.3. The number of carbonyl (C=O) groups is 3. The lowest BCUT2D eigenvalue weighted by Gasteiger charge is -2.13. The van der Waals surface area contributed by atoms with Crippen molar-refractivity contribution in [1.29, 1.82) is 0 Å². The van der Waals surface area contributed by atoms with Crippen molar-refractivity contribution in [1.82, 2.24) is 0 Å². The van der Waals surface area contributed by atoms with Crippen LogP contribution in [-0.2, 0) is 14.3 Å². The molecule has 154 valence electrons. The molecule has 29 heavy (non-hydrogen) atoms. The fourth-order valence-electron chi connectivity index (χ4n) is 2.49. The normalized spacial score (nSPS) is 10.2. The molecule has 0 spiro atoms. The number of ether oxygens (including phenoxy) is 3. The van der Waals surface area contributed by atoms with Gasteiger partial charge in [0.15, 0.2) is 5.78 Å². The second-order valence-electron chi connectivity index (χ2n) is 5.83. The number of benzene rings is 2. The van der Waals surface area contributed by atoms with E-state index in [4.69, 9.17) is 14.2 Å². The van der Waals surface area contributed by atoms with Gasteiger partial charge in [0.2, 0.25) is 0 Å². The van der Waals surface area contributed by atoms with Gasteiger partial charge < -0.3 is 19.5 Å². The predicted molar refractivity (Wildman–Crippen MR) is 111 cm³/mol. The first-order valence-electron chi connectivity index (χ1n) is 8.91. The smallest absolute Gasteiger partial charge is 0.313 e. The van der Waals surface area contributed by atoms with E-state index in [9.17, 15) is 14.4 Å². The van der Waals surface area contributed by atoms with Gasteiger partial charge in [0.1, 0.15) is 23.5 Å². The average Bonchev–Trinajstić information content (AvgIpc) is 2.72. The lowest BCUT2D eigenvalue weighted by molar-refractivity contribution is -0.145. The van der Waals surface area contributed by atoms with E-state index in [1.54, 1.807) is 49.4 Å². The van der Waals surface area contributed by atoms with Crippen molar-refractivity contribution in [2.45, 2.75) is 18.2 Å². The van der Waals surface area contributed by atoms with Gasteiger partial charge in [0.25, 0.3) is 5.91 Å². The maximum absolute atomic E-state index is 12.7. The Morgan fingerprint density at radius 3 is 2.14 bits per heavy atom. The highest BCUT2D eigenvalue weighted by Gasteiger charge is 2.18. The minimum absolute atomic E-state index is 0.170. The van der Waals surface area contributed by atoms with Gasteiger partial charge in [0.05, 0.1) is 26.6 Å². The van der Waals surface area contributed by atoms with E-state index in [1.807, 2.05) is 0 Å². The van der Waals surface area contributed by atoms with Gasteiger partial charge in [-0.2, -0.15) is 0 Å². The van der Waals surface area contributed by atoms with E-state index >= 15 is 0 Å². The number of rotatable bonds is 10. The van der Waals surface area contributed by atoms with E-state index in [0.717, 1.165) is 4.90 Å². The van der Waals surface area contributed by atoms with E-state index in [-0.39, 0.29) is 30.5 Å². The van der Waals surface area contributed by atoms with E-state index in [1.165, 1.54) is 26.0 Å². The molecule has 8 heteroatoms. The van der Waals surface area contributed by atoms with E-state index in [2.05, 4.69) is 5.32 Å². The lowest BCUT2D eigenvalue weighted by atomic mass is 10.1. The number of ketones is 1. The quantitative estimate of drug-likeness (QED) is 0.359. The van der Waals surface area contributed by atoms with Crippen molar-refractivity contribution in [3.8, 4) is 11.5 Å². The second kappa shape index (κ2) is 11.1. The first-order valence-corrected chi connectivity index (χ1v) is 9.89. The minimum Gasteiger partial charge on any atom is -0.496 e. The summed E-state index contributed by atoms with van der Waals surface area (Å²) in [5, 5.41) is 2.80. The summed E-state index contributed by atoms with van der Waals surface area (Å²) in [6, 6.07) is 12.2. The zero-order valence-electron chi connectivity index (χ0n) is 16.5. The molecule has 2 rings (SSSR count). The van der Waals surface area contributed by atoms with E-state index in [0.29, 0.717) is 22.7 Å². The minimum atomic E-state index is -0.511. The van der Waals surface area contributed by atoms with Gasteiger partial charge in [-0.1, -0.05) is 6.07 Å². The van der Waals surface area contributed by atoms with Crippen molar-refractivity contribution in [2.75, 3.05) is 31.9 Å². The Hall–Kier alpha value is -3.00. The summed E-state index contributed by atoms with van der Waals surface area (Å²) in [6.45, 7) is 1.95. The Kier molecular flexibility index (Phi) is 8.54. The Labute approximate surface area is 173 Å². The van der Waals surface area contributed by atoms with Crippen LogP contribution in [0.5, 0.6) is 11.5 Å². The third-order valence-electron chi connectivity index (χ3n) is 3.81. The average molecular weight is 417 g/mol. The second-order valence-corrected chi connectivity index (χ2v) is 6.87. The van der Waals surface area contributed by atoms with Crippen molar-refractivity contribution >= 4 is 35.1 Å². The van der Waals surface area contributed by atoms with Crippen LogP contribution in [0.4, 0.5) is 5.69 Å². The molecule has 0 heterocycles. The predicted octanol–water partition coefficient (Wildman–Crippen LogP) is 3.57. The molecule has 1 amide bonds. The zero-order chi connectivity index (χ0) is 21.2.